The maximum atomic E-state index is 13.7. The zero-order valence-corrected chi connectivity index (χ0v) is 18.0. The number of pyridine rings is 1. The number of hydrogen-bond donors (Lipinski definition) is 2. The van der Waals surface area contributed by atoms with E-state index in [2.05, 4.69) is 4.98 Å². The van der Waals surface area contributed by atoms with Gasteiger partial charge in [-0.2, -0.15) is 0 Å². The van der Waals surface area contributed by atoms with Gasteiger partial charge >= 0.3 is 0 Å². The van der Waals surface area contributed by atoms with E-state index in [0.717, 1.165) is 4.31 Å². The second-order valence-electron chi connectivity index (χ2n) is 7.54. The van der Waals surface area contributed by atoms with Crippen LogP contribution in [-0.2, 0) is 16.6 Å². The van der Waals surface area contributed by atoms with Crippen molar-refractivity contribution >= 4 is 32.5 Å². The van der Waals surface area contributed by atoms with Crippen LogP contribution in [0.3, 0.4) is 0 Å². The standard InChI is InChI=1S/C25H18N2O5S/c28-20-13-12-17(18-10-6-14-26-22(18)20)15-27-23(24(29)16-7-2-1-3-8-16)25(30)19-9-4-5-11-21(19)33(27,31)32/h1-14,28-29H,15H2/b24-23-. The SMILES string of the molecule is O=C1/C(=C(/O)c2ccccc2)N(Cc2ccc(O)c3ncccc23)S(=O)(=O)c2ccccc21. The van der Waals surface area contributed by atoms with Crippen LogP contribution in [0.2, 0.25) is 0 Å². The third-order valence-corrected chi connectivity index (χ3v) is 7.39. The zero-order chi connectivity index (χ0) is 23.2. The number of ketones is 1. The first-order chi connectivity index (χ1) is 15.9. The van der Waals surface area contributed by atoms with Crippen molar-refractivity contribution in [2.45, 2.75) is 11.4 Å². The summed E-state index contributed by atoms with van der Waals surface area (Å²) in [5.74, 6) is -1.07. The quantitative estimate of drug-likeness (QED) is 0.351. The van der Waals surface area contributed by atoms with E-state index in [4.69, 9.17) is 0 Å². The monoisotopic (exact) mass is 458 g/mol. The van der Waals surface area contributed by atoms with E-state index in [1.54, 1.807) is 60.7 Å². The highest BCUT2D eigenvalue weighted by Crippen LogP contribution is 2.37. The summed E-state index contributed by atoms with van der Waals surface area (Å²) in [5.41, 5.74) is 0.824. The molecule has 3 aromatic carbocycles. The highest BCUT2D eigenvalue weighted by molar-refractivity contribution is 7.89. The Bertz CT molecular complexity index is 1550. The molecule has 0 radical (unpaired) electrons. The molecule has 0 aliphatic carbocycles. The Morgan fingerprint density at radius 1 is 0.909 bits per heavy atom. The van der Waals surface area contributed by atoms with Crippen molar-refractivity contribution in [3.63, 3.8) is 0 Å². The summed E-state index contributed by atoms with van der Waals surface area (Å²) in [4.78, 5) is 17.5. The molecule has 0 saturated heterocycles. The van der Waals surface area contributed by atoms with Crippen LogP contribution >= 0.6 is 0 Å². The maximum Gasteiger partial charge on any atom is 0.265 e. The van der Waals surface area contributed by atoms with Crippen molar-refractivity contribution in [3.8, 4) is 5.75 Å². The average Bonchev–Trinajstić information content (AvgIpc) is 2.84. The number of hydrogen-bond acceptors (Lipinski definition) is 6. The lowest BCUT2D eigenvalue weighted by Gasteiger charge is -2.32. The molecule has 1 aromatic heterocycles. The van der Waals surface area contributed by atoms with E-state index in [0.29, 0.717) is 22.0 Å². The van der Waals surface area contributed by atoms with E-state index in [1.807, 2.05) is 0 Å². The van der Waals surface area contributed by atoms with Gasteiger partial charge in [0.05, 0.1) is 11.4 Å². The number of carbonyl (C=O) groups excluding carboxylic acids is 1. The predicted molar refractivity (Wildman–Crippen MR) is 123 cm³/mol. The van der Waals surface area contributed by atoms with Crippen LogP contribution in [0.25, 0.3) is 16.7 Å². The molecular formula is C25H18N2O5S. The molecule has 7 nitrogen and oxygen atoms in total. The molecule has 0 unspecified atom stereocenters. The predicted octanol–water partition coefficient (Wildman–Crippen LogP) is 4.25. The molecule has 33 heavy (non-hydrogen) atoms. The lowest BCUT2D eigenvalue weighted by Crippen LogP contribution is -2.39. The Morgan fingerprint density at radius 3 is 2.42 bits per heavy atom. The minimum absolute atomic E-state index is 0.00321. The van der Waals surface area contributed by atoms with Gasteiger partial charge in [0, 0.05) is 22.7 Å². The van der Waals surface area contributed by atoms with Crippen molar-refractivity contribution < 1.29 is 23.4 Å². The van der Waals surface area contributed by atoms with Gasteiger partial charge in [-0.15, -0.1) is 0 Å². The van der Waals surface area contributed by atoms with Crippen molar-refractivity contribution in [2.75, 3.05) is 0 Å². The van der Waals surface area contributed by atoms with Crippen LogP contribution in [0.5, 0.6) is 5.75 Å². The second kappa shape index (κ2) is 7.75. The molecule has 5 rings (SSSR count). The Morgan fingerprint density at radius 2 is 1.64 bits per heavy atom. The number of nitrogens with zero attached hydrogens (tertiary/aromatic N) is 2. The van der Waals surface area contributed by atoms with Gasteiger partial charge in [-0.25, -0.2) is 8.42 Å². The average molecular weight is 458 g/mol. The first-order valence-corrected chi connectivity index (χ1v) is 11.5. The fraction of sp³-hybridized carbons (Fsp3) is 0.0400. The van der Waals surface area contributed by atoms with E-state index < -0.39 is 21.6 Å². The fourth-order valence-corrected chi connectivity index (χ4v) is 5.64. The van der Waals surface area contributed by atoms with Gasteiger partial charge in [-0.05, 0) is 29.8 Å². The summed E-state index contributed by atoms with van der Waals surface area (Å²) in [6, 6.07) is 20.7. The summed E-state index contributed by atoms with van der Waals surface area (Å²) in [5, 5.41) is 21.8. The largest absolute Gasteiger partial charge is 0.506 e. The topological polar surface area (TPSA) is 108 Å². The minimum atomic E-state index is -4.18. The smallest absolute Gasteiger partial charge is 0.265 e. The molecule has 164 valence electrons. The zero-order valence-electron chi connectivity index (χ0n) is 17.2. The van der Waals surface area contributed by atoms with Crippen LogP contribution in [0.15, 0.2) is 95.7 Å². The van der Waals surface area contributed by atoms with Crippen LogP contribution in [0.1, 0.15) is 21.5 Å². The molecule has 0 fully saturated rings. The van der Waals surface area contributed by atoms with Crippen LogP contribution in [0, 0.1) is 0 Å². The van der Waals surface area contributed by atoms with Crippen LogP contribution in [-0.4, -0.2) is 33.7 Å². The summed E-state index contributed by atoms with van der Waals surface area (Å²) in [7, 11) is -4.18. The molecule has 0 amide bonds. The number of Topliss-reactive ketones (excluding diaryl/α,β-unsaturated/α-hetero) is 1. The molecule has 4 aromatic rings. The first-order valence-electron chi connectivity index (χ1n) is 10.1. The number of benzene rings is 3. The van der Waals surface area contributed by atoms with Gasteiger partial charge in [-0.1, -0.05) is 54.6 Å². The Labute approximate surface area is 189 Å². The normalized spacial score (nSPS) is 16.5. The summed E-state index contributed by atoms with van der Waals surface area (Å²) >= 11 is 0. The third-order valence-electron chi connectivity index (χ3n) is 5.59. The maximum absolute atomic E-state index is 13.7. The molecule has 0 spiro atoms. The van der Waals surface area contributed by atoms with Gasteiger partial charge in [0.15, 0.2) is 5.76 Å². The number of aromatic nitrogens is 1. The number of fused-ring (bicyclic) bond motifs is 2. The third kappa shape index (κ3) is 3.32. The summed E-state index contributed by atoms with van der Waals surface area (Å²) in [6.07, 6.45) is 1.52. The van der Waals surface area contributed by atoms with Crippen molar-refractivity contribution in [1.29, 1.82) is 0 Å². The van der Waals surface area contributed by atoms with Crippen LogP contribution in [0.4, 0.5) is 0 Å². The molecular weight excluding hydrogens is 440 g/mol. The molecule has 2 N–H and O–H groups in total. The summed E-state index contributed by atoms with van der Waals surface area (Å²) < 4.78 is 28.3. The van der Waals surface area contributed by atoms with Crippen molar-refractivity contribution in [3.05, 3.63) is 107 Å². The molecule has 2 heterocycles. The highest BCUT2D eigenvalue weighted by Gasteiger charge is 2.41. The second-order valence-corrected chi connectivity index (χ2v) is 9.37. The fourth-order valence-electron chi connectivity index (χ4n) is 3.99. The molecule has 1 aliphatic rings. The van der Waals surface area contributed by atoms with Gasteiger partial charge in [0.2, 0.25) is 5.78 Å². The Hall–Kier alpha value is -4.17. The van der Waals surface area contributed by atoms with E-state index in [1.165, 1.54) is 24.4 Å². The number of aliphatic hydroxyl groups excluding tert-OH is 1. The van der Waals surface area contributed by atoms with E-state index in [9.17, 15) is 23.4 Å². The number of rotatable bonds is 3. The number of phenols is 1. The molecule has 8 heteroatoms. The van der Waals surface area contributed by atoms with Crippen molar-refractivity contribution in [1.82, 2.24) is 9.29 Å². The first kappa shape index (κ1) is 20.7. The number of aliphatic hydroxyl groups is 1. The Balaban J connectivity index is 1.77. The Kier molecular flexibility index (Phi) is 4.87. The van der Waals surface area contributed by atoms with Gasteiger partial charge in [0.25, 0.3) is 10.0 Å². The van der Waals surface area contributed by atoms with E-state index >= 15 is 0 Å². The van der Waals surface area contributed by atoms with Crippen molar-refractivity contribution in [2.24, 2.45) is 0 Å². The number of carbonyl (C=O) groups is 1. The molecule has 0 bridgehead atoms. The van der Waals surface area contributed by atoms with Gasteiger partial charge in [-0.3, -0.25) is 14.1 Å². The lowest BCUT2D eigenvalue weighted by atomic mass is 10.0. The van der Waals surface area contributed by atoms with Gasteiger partial charge < -0.3 is 10.2 Å². The van der Waals surface area contributed by atoms with Gasteiger partial charge in [0.1, 0.15) is 17.0 Å². The highest BCUT2D eigenvalue weighted by atomic mass is 32.2. The molecule has 0 atom stereocenters. The minimum Gasteiger partial charge on any atom is -0.506 e. The van der Waals surface area contributed by atoms with E-state index in [-0.39, 0.29) is 28.5 Å². The number of phenolic OH excluding ortho intramolecular Hbond substituents is 1. The number of aromatic hydroxyl groups is 1. The summed E-state index contributed by atoms with van der Waals surface area (Å²) in [6.45, 7) is -0.239. The van der Waals surface area contributed by atoms with Crippen LogP contribution < -0.4 is 0 Å². The number of sulfonamides is 1. The lowest BCUT2D eigenvalue weighted by molar-refractivity contribution is 0.0997. The number of allylic oxidation sites excluding steroid dienone is 1. The molecule has 1 aliphatic heterocycles. The molecule has 0 saturated carbocycles.